The summed E-state index contributed by atoms with van der Waals surface area (Å²) in [5.74, 6) is -0.672. The molecule has 0 heterocycles. The molecule has 0 aliphatic carbocycles. The number of hydrogen-bond donors (Lipinski definition) is 2. The second-order valence-electron chi connectivity index (χ2n) is 3.78. The Morgan fingerprint density at radius 1 is 1.00 bits per heavy atom. The summed E-state index contributed by atoms with van der Waals surface area (Å²) in [6.45, 7) is 1.77. The van der Waals surface area contributed by atoms with Crippen LogP contribution in [-0.4, -0.2) is 10.2 Å². The first-order valence-electron chi connectivity index (χ1n) is 4.97. The predicted molar refractivity (Wildman–Crippen MR) is 64.9 cm³/mol. The maximum absolute atomic E-state index is 13.1. The molecule has 0 saturated heterocycles. The molecule has 2 rings (SSSR count). The smallest absolute Gasteiger partial charge is 0.125 e. The second-order valence-corrected chi connectivity index (χ2v) is 4.19. The quantitative estimate of drug-likeness (QED) is 0.809. The Bertz CT molecular complexity index is 582. The molecular weight excluding hydrogens is 243 g/mol. The minimum Gasteiger partial charge on any atom is -0.507 e. The Labute approximate surface area is 103 Å². The molecule has 0 atom stereocenters. The number of rotatable bonds is 1. The van der Waals surface area contributed by atoms with Crippen LogP contribution in [0.3, 0.4) is 0 Å². The SMILES string of the molecule is Cc1cc(-c2cc(F)ccc2O)c(O)cc1Cl. The summed E-state index contributed by atoms with van der Waals surface area (Å²) in [5, 5.41) is 19.8. The van der Waals surface area contributed by atoms with Gasteiger partial charge in [-0.1, -0.05) is 11.6 Å². The Balaban J connectivity index is 2.68. The fourth-order valence-corrected chi connectivity index (χ4v) is 1.77. The molecule has 0 aromatic heterocycles. The minimum absolute atomic E-state index is 0.0941. The number of phenolic OH excluding ortho intramolecular Hbond substituents is 2. The van der Waals surface area contributed by atoms with Crippen LogP contribution in [0.4, 0.5) is 4.39 Å². The highest BCUT2D eigenvalue weighted by Crippen LogP contribution is 2.38. The van der Waals surface area contributed by atoms with Crippen LogP contribution in [-0.2, 0) is 0 Å². The van der Waals surface area contributed by atoms with Crippen molar-refractivity contribution in [2.24, 2.45) is 0 Å². The largest absolute Gasteiger partial charge is 0.507 e. The topological polar surface area (TPSA) is 40.5 Å². The van der Waals surface area contributed by atoms with Crippen molar-refractivity contribution in [1.82, 2.24) is 0 Å². The summed E-state index contributed by atoms with van der Waals surface area (Å²) in [6.07, 6.45) is 0. The monoisotopic (exact) mass is 252 g/mol. The van der Waals surface area contributed by atoms with E-state index in [9.17, 15) is 14.6 Å². The van der Waals surface area contributed by atoms with E-state index >= 15 is 0 Å². The van der Waals surface area contributed by atoms with E-state index in [0.717, 1.165) is 17.7 Å². The molecule has 0 aliphatic rings. The third-order valence-electron chi connectivity index (χ3n) is 2.53. The summed E-state index contributed by atoms with van der Waals surface area (Å²) in [7, 11) is 0. The maximum atomic E-state index is 13.1. The first-order valence-corrected chi connectivity index (χ1v) is 5.35. The highest BCUT2D eigenvalue weighted by atomic mass is 35.5. The molecule has 0 amide bonds. The average molecular weight is 253 g/mol. The molecule has 0 bridgehead atoms. The number of benzene rings is 2. The summed E-state index contributed by atoms with van der Waals surface area (Å²) >= 11 is 5.85. The third-order valence-corrected chi connectivity index (χ3v) is 2.93. The zero-order chi connectivity index (χ0) is 12.6. The van der Waals surface area contributed by atoms with E-state index in [1.807, 2.05) is 0 Å². The van der Waals surface area contributed by atoms with Crippen molar-refractivity contribution in [2.45, 2.75) is 6.92 Å². The number of phenols is 2. The summed E-state index contributed by atoms with van der Waals surface area (Å²) in [6, 6.07) is 6.53. The molecule has 0 radical (unpaired) electrons. The van der Waals surface area contributed by atoms with E-state index in [1.54, 1.807) is 13.0 Å². The van der Waals surface area contributed by atoms with Gasteiger partial charge in [0.25, 0.3) is 0 Å². The van der Waals surface area contributed by atoms with Crippen molar-refractivity contribution in [1.29, 1.82) is 0 Å². The molecule has 2 nitrogen and oxygen atoms in total. The summed E-state index contributed by atoms with van der Waals surface area (Å²) in [4.78, 5) is 0. The highest BCUT2D eigenvalue weighted by molar-refractivity contribution is 6.31. The molecule has 17 heavy (non-hydrogen) atoms. The number of aryl methyl sites for hydroxylation is 1. The molecule has 0 fully saturated rings. The molecule has 0 saturated carbocycles. The molecule has 4 heteroatoms. The van der Waals surface area contributed by atoms with Gasteiger partial charge in [0.05, 0.1) is 0 Å². The zero-order valence-electron chi connectivity index (χ0n) is 9.04. The van der Waals surface area contributed by atoms with Gasteiger partial charge < -0.3 is 10.2 Å². The van der Waals surface area contributed by atoms with Crippen LogP contribution < -0.4 is 0 Å². The van der Waals surface area contributed by atoms with Crippen LogP contribution in [0.25, 0.3) is 11.1 Å². The molecule has 0 aliphatic heterocycles. The lowest BCUT2D eigenvalue weighted by atomic mass is 10.0. The predicted octanol–water partition coefficient (Wildman–Crippen LogP) is 3.87. The Morgan fingerprint density at radius 2 is 1.65 bits per heavy atom. The Hall–Kier alpha value is -1.74. The molecule has 0 spiro atoms. The van der Waals surface area contributed by atoms with E-state index in [4.69, 9.17) is 11.6 Å². The second kappa shape index (κ2) is 4.26. The van der Waals surface area contributed by atoms with Gasteiger partial charge in [-0.3, -0.25) is 0 Å². The number of hydrogen-bond acceptors (Lipinski definition) is 2. The van der Waals surface area contributed by atoms with Gasteiger partial charge >= 0.3 is 0 Å². The highest BCUT2D eigenvalue weighted by Gasteiger charge is 2.12. The van der Waals surface area contributed by atoms with Gasteiger partial charge in [0.15, 0.2) is 0 Å². The van der Waals surface area contributed by atoms with Crippen LogP contribution in [0.2, 0.25) is 5.02 Å². The normalized spacial score (nSPS) is 10.5. The van der Waals surface area contributed by atoms with Gasteiger partial charge in [-0.2, -0.15) is 0 Å². The minimum atomic E-state index is -0.482. The van der Waals surface area contributed by atoms with Crippen molar-refractivity contribution in [3.05, 3.63) is 46.7 Å². The standard InChI is InChI=1S/C13H10ClFO2/c1-7-4-9(13(17)6-11(7)14)10-5-8(15)2-3-12(10)16/h2-6,16-17H,1H3. The van der Waals surface area contributed by atoms with Crippen LogP contribution >= 0.6 is 11.6 Å². The van der Waals surface area contributed by atoms with Crippen LogP contribution in [0.15, 0.2) is 30.3 Å². The lowest BCUT2D eigenvalue weighted by Crippen LogP contribution is -1.85. The Morgan fingerprint density at radius 3 is 2.35 bits per heavy atom. The van der Waals surface area contributed by atoms with Gasteiger partial charge in [-0.25, -0.2) is 4.39 Å². The summed E-state index contributed by atoms with van der Waals surface area (Å²) in [5.41, 5.74) is 1.33. The number of aromatic hydroxyl groups is 2. The number of halogens is 2. The summed E-state index contributed by atoms with van der Waals surface area (Å²) < 4.78 is 13.1. The van der Waals surface area contributed by atoms with Crippen molar-refractivity contribution >= 4 is 11.6 Å². The third kappa shape index (κ3) is 2.19. The van der Waals surface area contributed by atoms with Crippen LogP contribution in [0.5, 0.6) is 11.5 Å². The molecule has 2 N–H and O–H groups in total. The maximum Gasteiger partial charge on any atom is 0.125 e. The lowest BCUT2D eigenvalue weighted by molar-refractivity contribution is 0.468. The fraction of sp³-hybridized carbons (Fsp3) is 0.0769. The van der Waals surface area contributed by atoms with Crippen molar-refractivity contribution < 1.29 is 14.6 Å². The van der Waals surface area contributed by atoms with E-state index in [0.29, 0.717) is 10.6 Å². The van der Waals surface area contributed by atoms with E-state index in [1.165, 1.54) is 12.1 Å². The average Bonchev–Trinajstić information content (AvgIpc) is 2.27. The van der Waals surface area contributed by atoms with Crippen LogP contribution in [0, 0.1) is 12.7 Å². The van der Waals surface area contributed by atoms with Gasteiger partial charge in [-0.05, 0) is 42.8 Å². The lowest BCUT2D eigenvalue weighted by Gasteiger charge is -2.09. The van der Waals surface area contributed by atoms with Gasteiger partial charge in [-0.15, -0.1) is 0 Å². The zero-order valence-corrected chi connectivity index (χ0v) is 9.79. The molecule has 2 aromatic rings. The van der Waals surface area contributed by atoms with E-state index in [2.05, 4.69) is 0 Å². The van der Waals surface area contributed by atoms with Crippen molar-refractivity contribution in [3.8, 4) is 22.6 Å². The fourth-order valence-electron chi connectivity index (χ4n) is 1.61. The molecule has 2 aromatic carbocycles. The van der Waals surface area contributed by atoms with Crippen LogP contribution in [0.1, 0.15) is 5.56 Å². The molecular formula is C13H10ClFO2. The van der Waals surface area contributed by atoms with E-state index < -0.39 is 5.82 Å². The van der Waals surface area contributed by atoms with Gasteiger partial charge in [0.1, 0.15) is 17.3 Å². The molecule has 0 unspecified atom stereocenters. The van der Waals surface area contributed by atoms with Crippen molar-refractivity contribution in [3.63, 3.8) is 0 Å². The first kappa shape index (κ1) is 11.7. The van der Waals surface area contributed by atoms with E-state index in [-0.39, 0.29) is 17.1 Å². The Kier molecular flexibility index (Phi) is 2.94. The van der Waals surface area contributed by atoms with Gasteiger partial charge in [0, 0.05) is 16.1 Å². The first-order chi connectivity index (χ1) is 7.99. The molecule has 88 valence electrons. The van der Waals surface area contributed by atoms with Crippen molar-refractivity contribution in [2.75, 3.05) is 0 Å². The van der Waals surface area contributed by atoms with Gasteiger partial charge in [0.2, 0.25) is 0 Å².